The fraction of sp³-hybridized carbons (Fsp3) is 0.364. The van der Waals surface area contributed by atoms with Crippen molar-refractivity contribution in [1.82, 2.24) is 0 Å². The van der Waals surface area contributed by atoms with Crippen molar-refractivity contribution in [2.45, 2.75) is 25.4 Å². The van der Waals surface area contributed by atoms with Gasteiger partial charge in [0.15, 0.2) is 0 Å². The van der Waals surface area contributed by atoms with Crippen LogP contribution >= 0.6 is 0 Å². The maximum atomic E-state index is 12.3. The van der Waals surface area contributed by atoms with Crippen LogP contribution < -0.4 is 5.73 Å². The van der Waals surface area contributed by atoms with Gasteiger partial charge in [-0.25, -0.2) is 0 Å². The maximum Gasteiger partial charge on any atom is 0.416 e. The van der Waals surface area contributed by atoms with Crippen molar-refractivity contribution in [3.63, 3.8) is 0 Å². The second-order valence-electron chi connectivity index (χ2n) is 3.69. The summed E-state index contributed by atoms with van der Waals surface area (Å²) in [4.78, 5) is 10.7. The van der Waals surface area contributed by atoms with Crippen molar-refractivity contribution in [3.05, 3.63) is 35.4 Å². The fourth-order valence-corrected chi connectivity index (χ4v) is 1.42. The van der Waals surface area contributed by atoms with Crippen molar-refractivity contribution >= 4 is 5.91 Å². The molecule has 0 radical (unpaired) electrons. The second kappa shape index (κ2) is 4.55. The van der Waals surface area contributed by atoms with Crippen molar-refractivity contribution in [3.8, 4) is 0 Å². The molecule has 16 heavy (non-hydrogen) atoms. The Labute approximate surface area is 91.3 Å². The first-order valence-electron chi connectivity index (χ1n) is 4.76. The number of amides is 1. The number of rotatable bonds is 3. The molecule has 0 aliphatic carbocycles. The predicted molar refractivity (Wildman–Crippen MR) is 53.7 cm³/mol. The van der Waals surface area contributed by atoms with E-state index < -0.39 is 17.6 Å². The van der Waals surface area contributed by atoms with Crippen LogP contribution in [-0.2, 0) is 11.0 Å². The average Bonchev–Trinajstić information content (AvgIpc) is 2.15. The van der Waals surface area contributed by atoms with Gasteiger partial charge in [0.1, 0.15) is 0 Å². The van der Waals surface area contributed by atoms with E-state index in [0.717, 1.165) is 12.1 Å². The molecule has 2 nitrogen and oxygen atoms in total. The normalized spacial score (nSPS) is 13.5. The topological polar surface area (TPSA) is 43.1 Å². The number of hydrogen-bond donors (Lipinski definition) is 1. The Morgan fingerprint density at radius 1 is 1.31 bits per heavy atom. The minimum absolute atomic E-state index is 0.130. The zero-order chi connectivity index (χ0) is 12.3. The van der Waals surface area contributed by atoms with E-state index in [9.17, 15) is 18.0 Å². The SMILES string of the molecule is CC(CC(N)=O)c1ccc(C(F)(F)F)cc1. The van der Waals surface area contributed by atoms with Crippen LogP contribution in [0.4, 0.5) is 13.2 Å². The van der Waals surface area contributed by atoms with Gasteiger partial charge in [0, 0.05) is 6.42 Å². The molecule has 1 atom stereocenters. The van der Waals surface area contributed by atoms with E-state index in [4.69, 9.17) is 5.73 Å². The minimum Gasteiger partial charge on any atom is -0.370 e. The highest BCUT2D eigenvalue weighted by molar-refractivity contribution is 5.74. The van der Waals surface area contributed by atoms with E-state index in [1.54, 1.807) is 6.92 Å². The van der Waals surface area contributed by atoms with Crippen LogP contribution in [0.15, 0.2) is 24.3 Å². The Hall–Kier alpha value is -1.52. The highest BCUT2D eigenvalue weighted by atomic mass is 19.4. The number of carbonyl (C=O) groups excluding carboxylic acids is 1. The van der Waals surface area contributed by atoms with Crippen LogP contribution in [0.5, 0.6) is 0 Å². The van der Waals surface area contributed by atoms with Crippen molar-refractivity contribution in [2.75, 3.05) is 0 Å². The molecule has 2 N–H and O–H groups in total. The highest BCUT2D eigenvalue weighted by Gasteiger charge is 2.30. The molecule has 1 aromatic rings. The third-order valence-electron chi connectivity index (χ3n) is 2.31. The first-order valence-corrected chi connectivity index (χ1v) is 4.76. The van der Waals surface area contributed by atoms with Gasteiger partial charge in [-0.2, -0.15) is 13.2 Å². The van der Waals surface area contributed by atoms with Gasteiger partial charge in [0.25, 0.3) is 0 Å². The average molecular weight is 231 g/mol. The van der Waals surface area contributed by atoms with E-state index in [1.165, 1.54) is 12.1 Å². The van der Waals surface area contributed by atoms with Gasteiger partial charge in [0.2, 0.25) is 5.91 Å². The smallest absolute Gasteiger partial charge is 0.370 e. The van der Waals surface area contributed by atoms with Crippen LogP contribution in [-0.4, -0.2) is 5.91 Å². The number of hydrogen-bond acceptors (Lipinski definition) is 1. The predicted octanol–water partition coefficient (Wildman–Crippen LogP) is 2.68. The molecular formula is C11H12F3NO. The zero-order valence-electron chi connectivity index (χ0n) is 8.71. The van der Waals surface area contributed by atoms with Gasteiger partial charge in [-0.3, -0.25) is 4.79 Å². The van der Waals surface area contributed by atoms with E-state index in [0.29, 0.717) is 5.56 Å². The summed E-state index contributed by atoms with van der Waals surface area (Å²) in [5.74, 6) is -0.632. The summed E-state index contributed by atoms with van der Waals surface area (Å²) in [5, 5.41) is 0. The molecule has 1 unspecified atom stereocenters. The van der Waals surface area contributed by atoms with Gasteiger partial charge >= 0.3 is 6.18 Å². The van der Waals surface area contributed by atoms with E-state index in [1.807, 2.05) is 0 Å². The molecule has 0 heterocycles. The highest BCUT2D eigenvalue weighted by Crippen LogP contribution is 2.30. The number of nitrogens with two attached hydrogens (primary N) is 1. The quantitative estimate of drug-likeness (QED) is 0.853. The molecule has 1 aromatic carbocycles. The Morgan fingerprint density at radius 3 is 2.19 bits per heavy atom. The third-order valence-corrected chi connectivity index (χ3v) is 2.31. The van der Waals surface area contributed by atoms with Crippen LogP contribution in [0.2, 0.25) is 0 Å². The van der Waals surface area contributed by atoms with Gasteiger partial charge in [-0.1, -0.05) is 19.1 Å². The summed E-state index contributed by atoms with van der Waals surface area (Å²) in [5.41, 5.74) is 4.99. The third kappa shape index (κ3) is 3.25. The molecule has 88 valence electrons. The molecule has 5 heteroatoms. The Morgan fingerprint density at radius 2 is 1.81 bits per heavy atom. The van der Waals surface area contributed by atoms with Crippen molar-refractivity contribution < 1.29 is 18.0 Å². The summed E-state index contributed by atoms with van der Waals surface area (Å²) in [6, 6.07) is 4.76. The summed E-state index contributed by atoms with van der Waals surface area (Å²) in [6.07, 6.45) is -4.20. The van der Waals surface area contributed by atoms with Gasteiger partial charge in [0.05, 0.1) is 5.56 Å². The van der Waals surface area contributed by atoms with E-state index in [2.05, 4.69) is 0 Å². The summed E-state index contributed by atoms with van der Waals surface area (Å²) in [6.45, 7) is 1.74. The molecule has 1 rings (SSSR count). The van der Waals surface area contributed by atoms with Crippen molar-refractivity contribution in [1.29, 1.82) is 0 Å². The monoisotopic (exact) mass is 231 g/mol. The van der Waals surface area contributed by atoms with E-state index >= 15 is 0 Å². The number of benzene rings is 1. The van der Waals surface area contributed by atoms with Crippen LogP contribution in [0, 0.1) is 0 Å². The van der Waals surface area contributed by atoms with Gasteiger partial charge in [-0.05, 0) is 23.6 Å². The van der Waals surface area contributed by atoms with Crippen LogP contribution in [0.1, 0.15) is 30.4 Å². The largest absolute Gasteiger partial charge is 0.416 e. The summed E-state index contributed by atoms with van der Waals surface area (Å²) >= 11 is 0. The lowest BCUT2D eigenvalue weighted by Crippen LogP contribution is -2.14. The number of alkyl halides is 3. The van der Waals surface area contributed by atoms with Crippen LogP contribution in [0.3, 0.4) is 0 Å². The Balaban J connectivity index is 2.83. The number of primary amides is 1. The molecule has 0 spiro atoms. The Bertz CT molecular complexity index is 370. The molecule has 0 saturated carbocycles. The molecule has 0 fully saturated rings. The minimum atomic E-state index is -4.33. The molecule has 0 bridgehead atoms. The molecule has 0 aliphatic heterocycles. The lowest BCUT2D eigenvalue weighted by Gasteiger charge is -2.11. The number of halogens is 3. The first-order chi connectivity index (χ1) is 7.30. The van der Waals surface area contributed by atoms with Crippen molar-refractivity contribution in [2.24, 2.45) is 5.73 Å². The molecule has 0 aliphatic rings. The standard InChI is InChI=1S/C11H12F3NO/c1-7(6-10(15)16)8-2-4-9(5-3-8)11(12,13)14/h2-5,7H,6H2,1H3,(H2,15,16). The first kappa shape index (κ1) is 12.5. The lowest BCUT2D eigenvalue weighted by atomic mass is 9.96. The zero-order valence-corrected chi connectivity index (χ0v) is 8.71. The fourth-order valence-electron chi connectivity index (χ4n) is 1.42. The molecule has 1 amide bonds. The molecule has 0 aromatic heterocycles. The van der Waals surface area contributed by atoms with Gasteiger partial charge < -0.3 is 5.73 Å². The summed E-state index contributed by atoms with van der Waals surface area (Å²) < 4.78 is 36.8. The maximum absolute atomic E-state index is 12.3. The lowest BCUT2D eigenvalue weighted by molar-refractivity contribution is -0.137. The van der Waals surface area contributed by atoms with Crippen LogP contribution in [0.25, 0.3) is 0 Å². The second-order valence-corrected chi connectivity index (χ2v) is 3.69. The van der Waals surface area contributed by atoms with E-state index in [-0.39, 0.29) is 12.3 Å². The summed E-state index contributed by atoms with van der Waals surface area (Å²) in [7, 11) is 0. The molecule has 0 saturated heterocycles. The Kier molecular flexibility index (Phi) is 3.57. The number of carbonyl (C=O) groups is 1. The van der Waals surface area contributed by atoms with Gasteiger partial charge in [-0.15, -0.1) is 0 Å². The molecular weight excluding hydrogens is 219 g/mol.